The lowest BCUT2D eigenvalue weighted by atomic mass is 10.2. The van der Waals surface area contributed by atoms with Gasteiger partial charge >= 0.3 is 5.69 Å². The first kappa shape index (κ1) is 23.3. The molecule has 2 heterocycles. The zero-order valence-electron chi connectivity index (χ0n) is 17.7. The van der Waals surface area contributed by atoms with Crippen LogP contribution >= 0.6 is 11.8 Å². The van der Waals surface area contributed by atoms with E-state index in [0.29, 0.717) is 18.1 Å². The monoisotopic (exact) mass is 455 g/mol. The van der Waals surface area contributed by atoms with Crippen LogP contribution in [0.4, 0.5) is 11.5 Å². The number of hydrogen-bond donors (Lipinski definition) is 2. The van der Waals surface area contributed by atoms with Crippen molar-refractivity contribution < 1.29 is 9.53 Å². The second-order valence-electron chi connectivity index (χ2n) is 6.91. The summed E-state index contributed by atoms with van der Waals surface area (Å²) in [6, 6.07) is 14.7. The highest BCUT2D eigenvalue weighted by Gasteiger charge is 2.24. The average Bonchev–Trinajstić information content (AvgIpc) is 2.80. The van der Waals surface area contributed by atoms with E-state index in [1.165, 1.54) is 21.2 Å². The molecule has 0 bridgehead atoms. The van der Waals surface area contributed by atoms with E-state index in [9.17, 15) is 14.4 Å². The summed E-state index contributed by atoms with van der Waals surface area (Å²) in [4.78, 5) is 46.1. The van der Waals surface area contributed by atoms with Crippen molar-refractivity contribution in [1.82, 2.24) is 14.5 Å². The molecule has 0 fully saturated rings. The predicted molar refractivity (Wildman–Crippen MR) is 125 cm³/mol. The van der Waals surface area contributed by atoms with Gasteiger partial charge in [-0.05, 0) is 24.1 Å². The van der Waals surface area contributed by atoms with Gasteiger partial charge in [-0.2, -0.15) is 0 Å². The number of aromatic amines is 1. The van der Waals surface area contributed by atoms with Crippen LogP contribution in [0.15, 0.2) is 69.3 Å². The van der Waals surface area contributed by atoms with Gasteiger partial charge in [0, 0.05) is 26.5 Å². The summed E-state index contributed by atoms with van der Waals surface area (Å²) in [5.74, 6) is -0.323. The number of hydrogen-bond acceptors (Lipinski definition) is 7. The Kier molecular flexibility index (Phi) is 8.23. The van der Waals surface area contributed by atoms with Gasteiger partial charge in [-0.15, -0.1) is 0 Å². The predicted octanol–water partition coefficient (Wildman–Crippen LogP) is 1.72. The first-order chi connectivity index (χ1) is 15.5. The average molecular weight is 456 g/mol. The molecule has 3 rings (SSSR count). The number of nitrogens with zero attached hydrogens (tertiary/aromatic N) is 3. The Hall–Kier alpha value is -3.37. The van der Waals surface area contributed by atoms with E-state index in [0.717, 1.165) is 5.56 Å². The maximum atomic E-state index is 13.1. The number of H-pyrrole nitrogens is 1. The molecule has 0 atom stereocenters. The molecule has 168 valence electrons. The molecule has 0 saturated carbocycles. The van der Waals surface area contributed by atoms with Crippen LogP contribution in [0, 0.1) is 0 Å². The first-order valence-electron chi connectivity index (χ1n) is 10.0. The highest BCUT2D eigenvalue weighted by molar-refractivity contribution is 7.99. The number of carbonyl (C=O) groups is 1. The molecule has 1 aromatic carbocycles. The summed E-state index contributed by atoms with van der Waals surface area (Å²) in [5, 5.41) is 0.689. The molecule has 3 aromatic rings. The van der Waals surface area contributed by atoms with E-state index >= 15 is 0 Å². The summed E-state index contributed by atoms with van der Waals surface area (Å²) in [7, 11) is 1.56. The molecule has 0 aliphatic carbocycles. The van der Waals surface area contributed by atoms with Crippen LogP contribution in [-0.4, -0.2) is 46.5 Å². The number of aromatic nitrogens is 3. The number of benzene rings is 1. The molecule has 0 spiro atoms. The zero-order valence-corrected chi connectivity index (χ0v) is 18.5. The van der Waals surface area contributed by atoms with Crippen LogP contribution in [0.5, 0.6) is 0 Å². The molecule has 0 radical (unpaired) electrons. The standard InChI is InChI=1S/C22H25N5O4S/c1-31-13-7-12-26(18(28)15-32-17-10-5-6-11-24-17)19-20(23)27(22(30)25-21(19)29)14-16-8-3-2-4-9-16/h2-6,8-11H,7,12-15,23H2,1H3,(H,25,29,30). The highest BCUT2D eigenvalue weighted by atomic mass is 32.2. The van der Waals surface area contributed by atoms with Gasteiger partial charge < -0.3 is 15.4 Å². The van der Waals surface area contributed by atoms with Crippen LogP contribution < -0.4 is 21.9 Å². The fourth-order valence-electron chi connectivity index (χ4n) is 3.14. The van der Waals surface area contributed by atoms with Crippen LogP contribution in [0.1, 0.15) is 12.0 Å². The van der Waals surface area contributed by atoms with Crippen LogP contribution in [-0.2, 0) is 16.1 Å². The maximum Gasteiger partial charge on any atom is 0.330 e. The summed E-state index contributed by atoms with van der Waals surface area (Å²) in [5.41, 5.74) is 5.74. The van der Waals surface area contributed by atoms with Crippen molar-refractivity contribution in [2.45, 2.75) is 18.0 Å². The van der Waals surface area contributed by atoms with Gasteiger partial charge in [0.15, 0.2) is 5.69 Å². The summed E-state index contributed by atoms with van der Waals surface area (Å²) < 4.78 is 6.35. The van der Waals surface area contributed by atoms with Crippen molar-refractivity contribution in [2.24, 2.45) is 0 Å². The number of carbonyl (C=O) groups excluding carboxylic acids is 1. The summed E-state index contributed by atoms with van der Waals surface area (Å²) in [6.45, 7) is 0.781. The van der Waals surface area contributed by atoms with E-state index in [1.54, 1.807) is 25.4 Å². The number of amides is 1. The SMILES string of the molecule is COCCCN(C(=O)CSc1ccccn1)c1c(N)n(Cc2ccccc2)c(=O)[nH]c1=O. The van der Waals surface area contributed by atoms with Gasteiger partial charge in [-0.3, -0.25) is 19.1 Å². The second kappa shape index (κ2) is 11.3. The molecule has 0 unspecified atom stereocenters. The Balaban J connectivity index is 1.93. The Morgan fingerprint density at radius 2 is 1.94 bits per heavy atom. The molecular weight excluding hydrogens is 430 g/mol. The number of anilines is 2. The summed E-state index contributed by atoms with van der Waals surface area (Å²) in [6.07, 6.45) is 2.14. The van der Waals surface area contributed by atoms with Crippen LogP contribution in [0.2, 0.25) is 0 Å². The number of ether oxygens (including phenoxy) is 1. The van der Waals surface area contributed by atoms with Crippen molar-refractivity contribution in [2.75, 3.05) is 36.6 Å². The number of rotatable bonds is 10. The normalized spacial score (nSPS) is 10.8. The van der Waals surface area contributed by atoms with Gasteiger partial charge in [0.1, 0.15) is 5.82 Å². The molecule has 0 aliphatic heterocycles. The summed E-state index contributed by atoms with van der Waals surface area (Å²) >= 11 is 1.26. The molecule has 9 nitrogen and oxygen atoms in total. The minimum absolute atomic E-state index is 0.0387. The lowest BCUT2D eigenvalue weighted by molar-refractivity contribution is -0.116. The molecule has 32 heavy (non-hydrogen) atoms. The topological polar surface area (TPSA) is 123 Å². The highest BCUT2D eigenvalue weighted by Crippen LogP contribution is 2.21. The zero-order chi connectivity index (χ0) is 22.9. The molecule has 0 aliphatic rings. The lowest BCUT2D eigenvalue weighted by Crippen LogP contribution is -2.42. The molecule has 0 saturated heterocycles. The maximum absolute atomic E-state index is 13.1. The number of nitrogen functional groups attached to an aromatic ring is 1. The van der Waals surface area contributed by atoms with Gasteiger partial charge in [-0.1, -0.05) is 48.2 Å². The van der Waals surface area contributed by atoms with Crippen LogP contribution in [0.3, 0.4) is 0 Å². The van der Waals surface area contributed by atoms with Gasteiger partial charge in [0.2, 0.25) is 5.91 Å². The Bertz CT molecular complexity index is 1150. The number of thioether (sulfide) groups is 1. The lowest BCUT2D eigenvalue weighted by Gasteiger charge is -2.24. The van der Waals surface area contributed by atoms with E-state index in [1.807, 2.05) is 36.4 Å². The van der Waals surface area contributed by atoms with Crippen molar-refractivity contribution >= 4 is 29.2 Å². The Labute approximate surface area is 189 Å². The smallest absolute Gasteiger partial charge is 0.330 e. The quantitative estimate of drug-likeness (QED) is 0.352. The minimum atomic E-state index is -0.703. The molecule has 1 amide bonds. The third-order valence-electron chi connectivity index (χ3n) is 4.68. The number of pyridine rings is 1. The van der Waals surface area contributed by atoms with E-state index in [4.69, 9.17) is 10.5 Å². The number of nitrogens with two attached hydrogens (primary N) is 1. The Morgan fingerprint density at radius 1 is 1.19 bits per heavy atom. The van der Waals surface area contributed by atoms with Crippen molar-refractivity contribution in [3.63, 3.8) is 0 Å². The van der Waals surface area contributed by atoms with E-state index in [2.05, 4.69) is 9.97 Å². The van der Waals surface area contributed by atoms with E-state index < -0.39 is 11.2 Å². The molecular formula is C22H25N5O4S. The fourth-order valence-corrected chi connectivity index (χ4v) is 3.87. The fraction of sp³-hybridized carbons (Fsp3) is 0.273. The van der Waals surface area contributed by atoms with Crippen molar-refractivity contribution in [3.05, 3.63) is 81.1 Å². The molecule has 10 heteroatoms. The first-order valence-corrected chi connectivity index (χ1v) is 11.0. The minimum Gasteiger partial charge on any atom is -0.385 e. The van der Waals surface area contributed by atoms with Gasteiger partial charge in [-0.25, -0.2) is 9.78 Å². The van der Waals surface area contributed by atoms with Gasteiger partial charge in [0.05, 0.1) is 17.3 Å². The number of nitrogens with one attached hydrogen (secondary N) is 1. The second-order valence-corrected chi connectivity index (χ2v) is 7.91. The number of methoxy groups -OCH3 is 1. The third-order valence-corrected chi connectivity index (χ3v) is 5.61. The molecule has 3 N–H and O–H groups in total. The third kappa shape index (κ3) is 5.86. The molecule has 2 aromatic heterocycles. The van der Waals surface area contributed by atoms with Gasteiger partial charge in [0.25, 0.3) is 5.56 Å². The van der Waals surface area contributed by atoms with Crippen molar-refractivity contribution in [1.29, 1.82) is 0 Å². The van der Waals surface area contributed by atoms with Crippen molar-refractivity contribution in [3.8, 4) is 0 Å². The van der Waals surface area contributed by atoms with E-state index in [-0.39, 0.29) is 36.3 Å². The van der Waals surface area contributed by atoms with Crippen LogP contribution in [0.25, 0.3) is 0 Å². The Morgan fingerprint density at radius 3 is 2.62 bits per heavy atom. The largest absolute Gasteiger partial charge is 0.385 e.